The van der Waals surface area contributed by atoms with E-state index >= 15 is 0 Å². The van der Waals surface area contributed by atoms with Crippen LogP contribution in [0.15, 0.2) is 0 Å². The van der Waals surface area contributed by atoms with Gasteiger partial charge in [0.2, 0.25) is 0 Å². The second-order valence-electron chi connectivity index (χ2n) is 4.82. The third-order valence-corrected chi connectivity index (χ3v) is 3.70. The van der Waals surface area contributed by atoms with E-state index in [0.717, 1.165) is 32.6 Å². The number of hydrogen-bond acceptors (Lipinski definition) is 6. The van der Waals surface area contributed by atoms with Crippen LogP contribution >= 0.6 is 11.6 Å². The number of aromatic nitrogens is 2. The zero-order chi connectivity index (χ0) is 14.5. The smallest absolute Gasteiger partial charge is 0.156 e. The van der Waals surface area contributed by atoms with Crippen LogP contribution in [0, 0.1) is 6.92 Å². The van der Waals surface area contributed by atoms with Crippen molar-refractivity contribution < 1.29 is 9.90 Å². The van der Waals surface area contributed by atoms with E-state index in [9.17, 15) is 4.79 Å². The zero-order valence-corrected chi connectivity index (χ0v) is 12.3. The first-order valence-electron chi connectivity index (χ1n) is 6.73. The lowest BCUT2D eigenvalue weighted by Gasteiger charge is -2.24. The summed E-state index contributed by atoms with van der Waals surface area (Å²) in [4.78, 5) is 23.9. The van der Waals surface area contributed by atoms with Crippen molar-refractivity contribution in [2.24, 2.45) is 0 Å². The fourth-order valence-electron chi connectivity index (χ4n) is 2.42. The minimum absolute atomic E-state index is 0.165. The highest BCUT2D eigenvalue weighted by Gasteiger charge is 2.20. The summed E-state index contributed by atoms with van der Waals surface area (Å²) >= 11 is 6.02. The number of rotatable bonds is 4. The van der Waals surface area contributed by atoms with E-state index in [0.29, 0.717) is 30.0 Å². The van der Waals surface area contributed by atoms with Gasteiger partial charge in [-0.25, -0.2) is 9.97 Å². The lowest BCUT2D eigenvalue weighted by Crippen LogP contribution is -2.33. The molecule has 0 aliphatic carbocycles. The van der Waals surface area contributed by atoms with E-state index < -0.39 is 0 Å². The summed E-state index contributed by atoms with van der Waals surface area (Å²) in [5.41, 5.74) is 0.355. The second kappa shape index (κ2) is 6.97. The molecule has 1 aliphatic rings. The van der Waals surface area contributed by atoms with Crippen molar-refractivity contribution in [3.63, 3.8) is 0 Å². The number of β-amino-alcohol motifs (C(OH)–C–C–N with tert-alkyl or cyclic N) is 1. The molecule has 0 saturated carbocycles. The summed E-state index contributed by atoms with van der Waals surface area (Å²) in [6, 6.07) is 0. The summed E-state index contributed by atoms with van der Waals surface area (Å²) in [5.74, 6) is 1.18. The topological polar surface area (TPSA) is 69.6 Å². The molecule has 1 saturated heterocycles. The summed E-state index contributed by atoms with van der Waals surface area (Å²) < 4.78 is 0. The zero-order valence-electron chi connectivity index (χ0n) is 11.5. The molecule has 2 rings (SSSR count). The molecule has 0 radical (unpaired) electrons. The van der Waals surface area contributed by atoms with Crippen LogP contribution < -0.4 is 4.90 Å². The molecule has 2 heterocycles. The van der Waals surface area contributed by atoms with E-state index in [1.165, 1.54) is 0 Å². The molecule has 0 unspecified atom stereocenters. The first kappa shape index (κ1) is 15.2. The van der Waals surface area contributed by atoms with Crippen LogP contribution in [0.4, 0.5) is 5.82 Å². The Labute approximate surface area is 123 Å². The molecular formula is C13H19ClN4O2. The van der Waals surface area contributed by atoms with Gasteiger partial charge in [-0.1, -0.05) is 11.6 Å². The van der Waals surface area contributed by atoms with E-state index in [1.54, 1.807) is 6.92 Å². The summed E-state index contributed by atoms with van der Waals surface area (Å²) in [6.45, 7) is 5.95. The molecule has 0 atom stereocenters. The van der Waals surface area contributed by atoms with Crippen molar-refractivity contribution >= 4 is 23.7 Å². The number of aldehydes is 1. The number of carbonyl (C=O) groups excluding carboxylic acids is 1. The van der Waals surface area contributed by atoms with Crippen molar-refractivity contribution in [3.05, 3.63) is 16.5 Å². The molecule has 1 N–H and O–H groups in total. The number of aliphatic hydroxyl groups is 1. The Balaban J connectivity index is 2.21. The Kier molecular flexibility index (Phi) is 5.28. The highest BCUT2D eigenvalue weighted by atomic mass is 35.5. The van der Waals surface area contributed by atoms with E-state index in [4.69, 9.17) is 16.7 Å². The predicted molar refractivity (Wildman–Crippen MR) is 77.5 cm³/mol. The first-order valence-corrected chi connectivity index (χ1v) is 7.11. The van der Waals surface area contributed by atoms with Crippen LogP contribution in [0.25, 0.3) is 0 Å². The molecule has 6 nitrogen and oxygen atoms in total. The maximum atomic E-state index is 11.2. The quantitative estimate of drug-likeness (QED) is 0.654. The number of aryl methyl sites for hydroxylation is 1. The largest absolute Gasteiger partial charge is 0.395 e. The van der Waals surface area contributed by atoms with Crippen molar-refractivity contribution in [1.82, 2.24) is 14.9 Å². The molecule has 0 bridgehead atoms. The molecule has 1 aliphatic heterocycles. The molecule has 1 aromatic rings. The molecule has 7 heteroatoms. The van der Waals surface area contributed by atoms with Gasteiger partial charge in [0, 0.05) is 26.2 Å². The Morgan fingerprint density at radius 3 is 2.80 bits per heavy atom. The molecule has 1 fully saturated rings. The molecule has 20 heavy (non-hydrogen) atoms. The summed E-state index contributed by atoms with van der Waals surface area (Å²) in [5, 5.41) is 9.22. The predicted octanol–water partition coefficient (Wildman–Crippen LogP) is 0.755. The van der Waals surface area contributed by atoms with Gasteiger partial charge in [-0.05, 0) is 19.9 Å². The van der Waals surface area contributed by atoms with Crippen molar-refractivity contribution in [1.29, 1.82) is 0 Å². The van der Waals surface area contributed by atoms with Crippen LogP contribution in [-0.2, 0) is 0 Å². The molecular weight excluding hydrogens is 280 g/mol. The van der Waals surface area contributed by atoms with Gasteiger partial charge in [0.25, 0.3) is 0 Å². The number of carbonyl (C=O) groups is 1. The van der Waals surface area contributed by atoms with Crippen LogP contribution in [0.2, 0.25) is 5.15 Å². The maximum absolute atomic E-state index is 11.2. The van der Waals surface area contributed by atoms with Crippen LogP contribution in [0.1, 0.15) is 22.6 Å². The highest BCUT2D eigenvalue weighted by Crippen LogP contribution is 2.23. The van der Waals surface area contributed by atoms with E-state index in [-0.39, 0.29) is 11.8 Å². The minimum Gasteiger partial charge on any atom is -0.395 e. The Bertz CT molecular complexity index is 484. The maximum Gasteiger partial charge on any atom is 0.156 e. The first-order chi connectivity index (χ1) is 9.65. The molecule has 0 spiro atoms. The fraction of sp³-hybridized carbons (Fsp3) is 0.615. The normalized spacial score (nSPS) is 17.1. The van der Waals surface area contributed by atoms with Crippen molar-refractivity contribution in [2.75, 3.05) is 44.2 Å². The molecule has 0 aromatic carbocycles. The lowest BCUT2D eigenvalue weighted by molar-refractivity contribution is 0.112. The van der Waals surface area contributed by atoms with Crippen LogP contribution in [-0.4, -0.2) is 65.6 Å². The molecule has 1 aromatic heterocycles. The summed E-state index contributed by atoms with van der Waals surface area (Å²) in [6.07, 6.45) is 1.67. The Morgan fingerprint density at radius 1 is 1.30 bits per heavy atom. The van der Waals surface area contributed by atoms with E-state index in [1.807, 2.05) is 0 Å². The van der Waals surface area contributed by atoms with E-state index in [2.05, 4.69) is 19.8 Å². The van der Waals surface area contributed by atoms with Gasteiger partial charge in [0.15, 0.2) is 6.29 Å². The van der Waals surface area contributed by atoms with Crippen LogP contribution in [0.5, 0.6) is 0 Å². The molecule has 0 amide bonds. The van der Waals surface area contributed by atoms with Crippen molar-refractivity contribution in [2.45, 2.75) is 13.3 Å². The SMILES string of the molecule is Cc1nc(Cl)c(C=O)c(N2CCCN(CCO)CC2)n1. The lowest BCUT2D eigenvalue weighted by atomic mass is 10.3. The second-order valence-corrected chi connectivity index (χ2v) is 5.18. The number of anilines is 1. The highest BCUT2D eigenvalue weighted by molar-refractivity contribution is 6.32. The monoisotopic (exact) mass is 298 g/mol. The van der Waals surface area contributed by atoms with Gasteiger partial charge < -0.3 is 10.0 Å². The Morgan fingerprint density at radius 2 is 2.10 bits per heavy atom. The van der Waals surface area contributed by atoms with Gasteiger partial charge in [0.1, 0.15) is 16.8 Å². The minimum atomic E-state index is 0.165. The van der Waals surface area contributed by atoms with Gasteiger partial charge in [0.05, 0.1) is 12.2 Å². The van der Waals surface area contributed by atoms with Gasteiger partial charge in [-0.15, -0.1) is 0 Å². The average Bonchev–Trinajstić information content (AvgIpc) is 2.64. The van der Waals surface area contributed by atoms with Crippen LogP contribution in [0.3, 0.4) is 0 Å². The molecule has 110 valence electrons. The fourth-order valence-corrected chi connectivity index (χ4v) is 2.67. The number of hydrogen-bond donors (Lipinski definition) is 1. The third-order valence-electron chi connectivity index (χ3n) is 3.41. The standard InChI is InChI=1S/C13H19ClN4O2/c1-10-15-12(14)11(9-20)13(16-10)18-4-2-3-17(5-6-18)7-8-19/h9,19H,2-8H2,1H3. The number of halogens is 1. The van der Waals surface area contributed by atoms with Gasteiger partial charge in [-0.3, -0.25) is 9.69 Å². The Hall–Kier alpha value is -1.24. The third kappa shape index (κ3) is 3.45. The van der Waals surface area contributed by atoms with Gasteiger partial charge >= 0.3 is 0 Å². The van der Waals surface area contributed by atoms with Crippen molar-refractivity contribution in [3.8, 4) is 0 Å². The summed E-state index contributed by atoms with van der Waals surface area (Å²) in [7, 11) is 0. The number of aliphatic hydroxyl groups excluding tert-OH is 1. The number of nitrogens with zero attached hydrogens (tertiary/aromatic N) is 4. The van der Waals surface area contributed by atoms with Gasteiger partial charge in [-0.2, -0.15) is 0 Å². The average molecular weight is 299 g/mol.